The molecule has 8 aromatic heterocycles. The van der Waals surface area contributed by atoms with Gasteiger partial charge in [-0.05, 0) is 217 Å². The molecule has 4 amide bonds. The molecule has 6 aromatic carbocycles. The zero-order valence-electron chi connectivity index (χ0n) is 72.3. The van der Waals surface area contributed by atoms with E-state index in [0.29, 0.717) is 119 Å². The van der Waals surface area contributed by atoms with Gasteiger partial charge in [0.2, 0.25) is 23.6 Å². The molecule has 0 bridgehead atoms. The Morgan fingerprint density at radius 1 is 0.571 bits per heavy atom. The summed E-state index contributed by atoms with van der Waals surface area (Å²) in [7, 11) is 5.51. The second-order valence-corrected chi connectivity index (χ2v) is 39.9. The molecule has 3 fully saturated rings. The molecular weight excluding hydrogens is 2020 g/mol. The van der Waals surface area contributed by atoms with Gasteiger partial charge in [-0.2, -0.15) is 49.0 Å². The number of nitrogen functional groups attached to an aromatic ring is 1. The number of benzene rings is 6. The minimum absolute atomic E-state index is 0.0566. The number of H-pyrrole nitrogens is 1. The smallest absolute Gasteiger partial charge is 0.411 e. The molecule has 0 spiro atoms. The molecule has 0 radical (unpaired) electrons. The van der Waals surface area contributed by atoms with Gasteiger partial charge in [-0.1, -0.05) is 69.6 Å². The number of hydrogen-bond donors (Lipinski definition) is 7. The van der Waals surface area contributed by atoms with Crippen molar-refractivity contribution in [2.45, 2.75) is 84.7 Å². The first-order chi connectivity index (χ1) is 62.9. The Hall–Kier alpha value is -10.6. The Morgan fingerprint density at radius 3 is 1.35 bits per heavy atom. The van der Waals surface area contributed by atoms with Crippen LogP contribution in [0.5, 0.6) is 0 Å². The highest BCUT2D eigenvalue weighted by Gasteiger charge is 2.37. The number of halogens is 13. The molecule has 708 valence electrons. The maximum Gasteiger partial charge on any atom is 0.411 e. The van der Waals surface area contributed by atoms with E-state index < -0.39 is 27.9 Å². The van der Waals surface area contributed by atoms with Gasteiger partial charge < -0.3 is 59.9 Å². The van der Waals surface area contributed by atoms with Crippen LogP contribution in [-0.2, 0) is 28.3 Å². The van der Waals surface area contributed by atoms with Crippen molar-refractivity contribution in [2.75, 3.05) is 99.8 Å². The first-order valence-electron chi connectivity index (χ1n) is 38.9. The van der Waals surface area contributed by atoms with Gasteiger partial charge >= 0.3 is 34.6 Å². The maximum absolute atomic E-state index is 12.2. The third kappa shape index (κ3) is 33.2. The molecule has 3 saturated heterocycles. The fraction of sp³-hybridized carbons (Fsp3) is 0.312. The van der Waals surface area contributed by atoms with E-state index in [1.54, 1.807) is 119 Å². The van der Waals surface area contributed by atoms with Crippen LogP contribution < -0.4 is 48.4 Å². The quantitative estimate of drug-likeness (QED) is 0.00674. The van der Waals surface area contributed by atoms with Crippen LogP contribution in [0, 0.1) is 22.7 Å². The van der Waals surface area contributed by atoms with Gasteiger partial charge in [0.15, 0.2) is 22.6 Å². The molecule has 17 rings (SSSR count). The van der Waals surface area contributed by atoms with Crippen molar-refractivity contribution in [1.82, 2.24) is 104 Å². The van der Waals surface area contributed by atoms with E-state index in [0.717, 1.165) is 75.9 Å². The molecule has 39 nitrogen and oxygen atoms in total. The number of hydrazine groups is 1. The van der Waals surface area contributed by atoms with Crippen molar-refractivity contribution in [3.8, 4) is 12.1 Å². The lowest BCUT2D eigenvalue weighted by Crippen LogP contribution is -2.61. The predicted octanol–water partition coefficient (Wildman–Crippen LogP) is 17.8. The predicted molar refractivity (Wildman–Crippen MR) is 522 cm³/mol. The number of fused-ring (bicyclic) bond motifs is 12. The number of amides is 4. The van der Waals surface area contributed by atoms with Gasteiger partial charge in [-0.15, -0.1) is 23.2 Å². The summed E-state index contributed by atoms with van der Waals surface area (Å²) in [5.74, 6) is 5.94. The van der Waals surface area contributed by atoms with Gasteiger partial charge in [0, 0.05) is 128 Å². The number of carbonyl (C=O) groups is 5. The second-order valence-electron chi connectivity index (χ2n) is 29.2. The monoisotopic (exact) mass is 2100 g/mol. The number of alkyl halides is 2. The molecule has 0 unspecified atom stereocenters. The highest BCUT2D eigenvalue weighted by atomic mass is 36.0. The molecular formula is C80H86Cl13N28O11P. The van der Waals surface area contributed by atoms with Crippen molar-refractivity contribution in [3.05, 3.63) is 192 Å². The lowest BCUT2D eigenvalue weighted by atomic mass is 10.1. The number of rotatable bonds is 9. The normalized spacial score (nSPS) is 12.6. The first kappa shape index (κ1) is 109. The highest BCUT2D eigenvalue weighted by molar-refractivity contribution is 8.24. The van der Waals surface area contributed by atoms with E-state index in [1.165, 1.54) is 40.1 Å². The van der Waals surface area contributed by atoms with Crippen LogP contribution >= 0.6 is 155 Å². The fourth-order valence-corrected chi connectivity index (χ4v) is 12.8. The third-order valence-electron chi connectivity index (χ3n) is 17.7. The Labute approximate surface area is 824 Å². The van der Waals surface area contributed by atoms with Crippen molar-refractivity contribution in [2.24, 2.45) is 5.84 Å². The van der Waals surface area contributed by atoms with Crippen LogP contribution in [0.1, 0.15) is 66.5 Å². The Kier molecular flexibility index (Phi) is 42.5. The number of ether oxygens (including phenoxy) is 4. The SMILES string of the molecule is CCOC(=O)Cl.CCOC(=O)Nc1ccc(Cl)cc1C#N.CN(C(=O)OC(C)(C)C)C1CN(c2nc3ccc(Cl)cc3c3ncnn23)C1.CN(C(=O)OC(C)(C)C)C1CNC1.CNC1CN(c2nc3ccc(Cl)cc3c3ncnn23)C1.ClCCl.Clc1ccc2nc(Cl)n3ncnc3c2c1.N#Cc1cc(Cl)ccc1N.NNC=O.O=P(Cl)(Cl)Cl.O=c1[nH]c2ccc(Cl)cc2c2ncnn12. The second kappa shape index (κ2) is 51.7. The summed E-state index contributed by atoms with van der Waals surface area (Å²) in [6.45, 7) is 20.1. The number of carbonyl (C=O) groups excluding carboxylic acids is 5. The standard InChI is InChI=1S/C18H21ClN6O2.C13H13ClN6.C10H9ClN2O2.C9H4Cl2N4.C9H5ClN4O.C9H18N2O2.C7H5ClN2.C3H5ClO2.CH2Cl2.CH4N2O.Cl3OP/c1-18(2,3)27-17(26)23(4)12-8-24(9-12)16-22-14-6-5-11(19)7-13(14)15-20-10-21-25(15)16;1-15-9-5-19(6-9)13-18-11-3-2-8(14)4-10(11)12-16-7-17-20(12)13;1-2-15-10(14)13-9-4-3-8(11)5-7(9)6-12;10-5-1-2-7-6(3-5)8-12-4-13-15(8)9(11)14-7;10-5-1-2-7-6(3-5)8-11-4-12-14(8)9(15)13-7;1-9(2,3)13-8(12)11(4)7-5-10-6-7;8-6-1-2-7(10)5(3-6)4-9;1-2-6-3(4)5;2-1-3;2-3-1-4;1-5(2,3)4/h5-7,10,12H,8-9H2,1-4H3;2-4,7,9,15H,5-6H2,1H3;3-5H,2H2,1H3,(H,13,14);1-4H;1-4H,(H,13,15);7,10H,5-6H2,1-4H3;1-3H,10H2;2H2,1H3;1H2;1H,2H2,(H,3,4);. The number of nitrogens with two attached hydrogens (primary N) is 2. The highest BCUT2D eigenvalue weighted by Crippen LogP contribution is 2.61. The molecule has 53 heteroatoms. The van der Waals surface area contributed by atoms with Crippen LogP contribution in [-0.4, -0.2) is 227 Å². The van der Waals surface area contributed by atoms with Crippen molar-refractivity contribution in [1.29, 1.82) is 10.5 Å². The summed E-state index contributed by atoms with van der Waals surface area (Å²) in [5, 5.41) is 46.6. The minimum atomic E-state index is -3.22. The largest absolute Gasteiger partial charge is 0.454 e. The van der Waals surface area contributed by atoms with Gasteiger partial charge in [0.1, 0.15) is 48.6 Å². The van der Waals surface area contributed by atoms with Gasteiger partial charge in [-0.3, -0.25) is 20.1 Å². The van der Waals surface area contributed by atoms with E-state index >= 15 is 0 Å². The number of hydrogen-bond acceptors (Lipinski definition) is 30. The number of anilines is 4. The van der Waals surface area contributed by atoms with Gasteiger partial charge in [-0.25, -0.2) is 64.7 Å². The van der Waals surface area contributed by atoms with E-state index in [9.17, 15) is 28.5 Å². The zero-order valence-corrected chi connectivity index (χ0v) is 83.0. The molecule has 3 aliphatic rings. The van der Waals surface area contributed by atoms with E-state index in [1.807, 2.05) is 97.1 Å². The molecule has 3 aliphatic heterocycles. The first-order valence-corrected chi connectivity index (χ1v) is 47.4. The summed E-state index contributed by atoms with van der Waals surface area (Å²) in [4.78, 5) is 106. The summed E-state index contributed by atoms with van der Waals surface area (Å²) >= 11 is 69.3. The molecule has 11 heterocycles. The number of nitrogens with one attached hydrogen (secondary N) is 5. The fourth-order valence-electron chi connectivity index (χ4n) is 11.4. The lowest BCUT2D eigenvalue weighted by Gasteiger charge is -2.44. The number of aromatic nitrogens is 16. The van der Waals surface area contributed by atoms with E-state index in [-0.39, 0.29) is 41.1 Å². The number of nitrogens with zero attached hydrogens (tertiary/aromatic N) is 21. The zero-order chi connectivity index (χ0) is 98.4. The van der Waals surface area contributed by atoms with E-state index in [4.69, 9.17) is 157 Å². The molecule has 0 aliphatic carbocycles. The van der Waals surface area contributed by atoms with Crippen LogP contribution in [0.4, 0.5) is 42.4 Å². The molecule has 14 aromatic rings. The molecule has 9 N–H and O–H groups in total. The Bertz CT molecular complexity index is 6550. The van der Waals surface area contributed by atoms with Crippen LogP contribution in [0.15, 0.2) is 139 Å². The van der Waals surface area contributed by atoms with Crippen LogP contribution in [0.25, 0.3) is 66.2 Å². The average molecular weight is 2110 g/mol. The number of nitriles is 2. The third-order valence-corrected chi connectivity index (χ3v) is 19.4. The van der Waals surface area contributed by atoms with Crippen molar-refractivity contribution in [3.63, 3.8) is 0 Å². The van der Waals surface area contributed by atoms with Gasteiger partial charge in [0.25, 0.3) is 0 Å². The number of likely N-dealkylation sites (N-methyl/N-ethyl adjacent to an activating group) is 3. The summed E-state index contributed by atoms with van der Waals surface area (Å²) in [6.07, 6.45) is 5.09. The lowest BCUT2D eigenvalue weighted by molar-refractivity contribution is -0.109. The molecule has 0 saturated carbocycles. The summed E-state index contributed by atoms with van der Waals surface area (Å²) in [6, 6.07) is 35.9. The van der Waals surface area contributed by atoms with E-state index in [2.05, 4.69) is 125 Å². The summed E-state index contributed by atoms with van der Waals surface area (Å²) in [5.41, 5.74) is 12.6. The Morgan fingerprint density at radius 2 is 0.947 bits per heavy atom. The topological polar surface area (TPSA) is 492 Å². The molecule has 133 heavy (non-hydrogen) atoms. The van der Waals surface area contributed by atoms with Gasteiger partial charge in [0.05, 0.1) is 69.5 Å². The Balaban J connectivity index is 0.000000209. The summed E-state index contributed by atoms with van der Waals surface area (Å²) < 4.78 is 35.2. The van der Waals surface area contributed by atoms with Crippen LogP contribution in [0.2, 0.25) is 35.4 Å². The number of aromatic amines is 1. The van der Waals surface area contributed by atoms with Crippen molar-refractivity contribution >= 4 is 275 Å². The van der Waals surface area contributed by atoms with Crippen molar-refractivity contribution < 1.29 is 47.5 Å². The maximum atomic E-state index is 12.2. The molecule has 0 atom stereocenters. The van der Waals surface area contributed by atoms with Crippen LogP contribution in [0.3, 0.4) is 0 Å². The minimum Gasteiger partial charge on any atom is -0.454 e. The average Bonchev–Trinajstić information content (AvgIpc) is 1.75.